The van der Waals surface area contributed by atoms with Crippen molar-refractivity contribution in [2.75, 3.05) is 13.2 Å². The largest absolute Gasteiger partial charge is 0.493 e. The molecule has 5 nitrogen and oxygen atoms in total. The zero-order valence-electron chi connectivity index (χ0n) is 12.5. The van der Waals surface area contributed by atoms with E-state index in [4.69, 9.17) is 4.74 Å². The minimum Gasteiger partial charge on any atom is -0.493 e. The first-order chi connectivity index (χ1) is 10.1. The third kappa shape index (κ3) is 4.95. The highest BCUT2D eigenvalue weighted by Crippen LogP contribution is 2.08. The number of aryl methyl sites for hydroxylation is 2. The molecule has 2 aromatic rings. The topological polar surface area (TPSA) is 56.2 Å². The molecule has 5 heteroatoms. The Labute approximate surface area is 124 Å². The number of nitrogens with zero attached hydrogens (tertiary/aromatic N) is 2. The molecular weight excluding hydrogens is 266 g/mol. The molecule has 0 unspecified atom stereocenters. The molecule has 0 fully saturated rings. The summed E-state index contributed by atoms with van der Waals surface area (Å²) in [6, 6.07) is 11.5. The highest BCUT2D eigenvalue weighted by Gasteiger charge is 2.03. The van der Waals surface area contributed by atoms with E-state index in [-0.39, 0.29) is 5.91 Å². The number of carbonyl (C=O) groups is 1. The summed E-state index contributed by atoms with van der Waals surface area (Å²) in [5, 5.41) is 7.22. The van der Waals surface area contributed by atoms with E-state index in [2.05, 4.69) is 10.4 Å². The summed E-state index contributed by atoms with van der Waals surface area (Å²) in [6.07, 6.45) is 0.353. The number of rotatable bonds is 7. The maximum Gasteiger partial charge on any atom is 0.223 e. The van der Waals surface area contributed by atoms with Crippen LogP contribution in [0.1, 0.15) is 17.8 Å². The van der Waals surface area contributed by atoms with E-state index in [1.807, 2.05) is 54.9 Å². The Morgan fingerprint density at radius 3 is 2.71 bits per heavy atom. The van der Waals surface area contributed by atoms with Gasteiger partial charge in [-0.1, -0.05) is 18.2 Å². The molecule has 0 aliphatic carbocycles. The average Bonchev–Trinajstić information content (AvgIpc) is 2.78. The Hall–Kier alpha value is -2.30. The Morgan fingerprint density at radius 2 is 2.05 bits per heavy atom. The molecule has 0 saturated heterocycles. The Balaban J connectivity index is 1.63. The molecule has 2 rings (SSSR count). The van der Waals surface area contributed by atoms with Gasteiger partial charge in [-0.05, 0) is 32.0 Å². The van der Waals surface area contributed by atoms with Crippen LogP contribution in [0.2, 0.25) is 0 Å². The molecule has 0 radical (unpaired) electrons. The zero-order chi connectivity index (χ0) is 15.1. The number of amides is 1. The van der Waals surface area contributed by atoms with Gasteiger partial charge in [-0.2, -0.15) is 5.10 Å². The van der Waals surface area contributed by atoms with Gasteiger partial charge in [-0.3, -0.25) is 9.48 Å². The van der Waals surface area contributed by atoms with E-state index in [0.717, 1.165) is 17.1 Å². The number of ether oxygens (including phenoxy) is 1. The summed E-state index contributed by atoms with van der Waals surface area (Å²) < 4.78 is 7.38. The second kappa shape index (κ2) is 7.47. The Bertz CT molecular complexity index is 578. The lowest BCUT2D eigenvalue weighted by atomic mass is 10.3. The van der Waals surface area contributed by atoms with Crippen molar-refractivity contribution in [1.82, 2.24) is 15.1 Å². The van der Waals surface area contributed by atoms with Crippen molar-refractivity contribution in [3.05, 3.63) is 47.8 Å². The van der Waals surface area contributed by atoms with Crippen molar-refractivity contribution in [2.24, 2.45) is 0 Å². The van der Waals surface area contributed by atoms with Crippen molar-refractivity contribution < 1.29 is 9.53 Å². The summed E-state index contributed by atoms with van der Waals surface area (Å²) in [6.45, 7) is 5.62. The normalized spacial score (nSPS) is 10.4. The predicted molar refractivity (Wildman–Crippen MR) is 81.3 cm³/mol. The van der Waals surface area contributed by atoms with Gasteiger partial charge in [0.25, 0.3) is 0 Å². The molecule has 112 valence electrons. The van der Waals surface area contributed by atoms with E-state index >= 15 is 0 Å². The molecule has 0 aliphatic heterocycles. The molecule has 21 heavy (non-hydrogen) atoms. The summed E-state index contributed by atoms with van der Waals surface area (Å²) in [5.74, 6) is 0.778. The van der Waals surface area contributed by atoms with Gasteiger partial charge in [0, 0.05) is 12.2 Å². The third-order valence-corrected chi connectivity index (χ3v) is 3.09. The van der Waals surface area contributed by atoms with Crippen LogP contribution in [0, 0.1) is 13.8 Å². The summed E-state index contributed by atoms with van der Waals surface area (Å²) in [7, 11) is 0. The van der Waals surface area contributed by atoms with Crippen LogP contribution in [-0.4, -0.2) is 28.8 Å². The first-order valence-corrected chi connectivity index (χ1v) is 7.11. The SMILES string of the molecule is Cc1cc(C)n(CCNC(=O)CCOc2ccccc2)n1. The zero-order valence-corrected chi connectivity index (χ0v) is 12.5. The van der Waals surface area contributed by atoms with Gasteiger partial charge >= 0.3 is 0 Å². The van der Waals surface area contributed by atoms with Gasteiger partial charge in [0.1, 0.15) is 5.75 Å². The van der Waals surface area contributed by atoms with E-state index in [0.29, 0.717) is 26.1 Å². The fourth-order valence-electron chi connectivity index (χ4n) is 2.07. The molecule has 0 saturated carbocycles. The van der Waals surface area contributed by atoms with Crippen molar-refractivity contribution >= 4 is 5.91 Å². The average molecular weight is 287 g/mol. The Morgan fingerprint density at radius 1 is 1.29 bits per heavy atom. The molecule has 1 aromatic heterocycles. The standard InChI is InChI=1S/C16H21N3O2/c1-13-12-14(2)19(18-13)10-9-17-16(20)8-11-21-15-6-4-3-5-7-15/h3-7,12H,8-11H2,1-2H3,(H,17,20). The van der Waals surface area contributed by atoms with Crippen molar-refractivity contribution in [2.45, 2.75) is 26.8 Å². The minimum absolute atomic E-state index is 0.00698. The monoisotopic (exact) mass is 287 g/mol. The van der Waals surface area contributed by atoms with Gasteiger partial charge in [0.15, 0.2) is 0 Å². The van der Waals surface area contributed by atoms with Crippen LogP contribution in [0.5, 0.6) is 5.75 Å². The van der Waals surface area contributed by atoms with Crippen molar-refractivity contribution in [3.8, 4) is 5.75 Å². The van der Waals surface area contributed by atoms with Crippen LogP contribution in [-0.2, 0) is 11.3 Å². The molecule has 1 amide bonds. The summed E-state index contributed by atoms with van der Waals surface area (Å²) in [5.41, 5.74) is 2.10. The van der Waals surface area contributed by atoms with Crippen LogP contribution in [0.25, 0.3) is 0 Å². The second-order valence-electron chi connectivity index (χ2n) is 4.91. The number of hydrogen-bond acceptors (Lipinski definition) is 3. The molecule has 1 N–H and O–H groups in total. The lowest BCUT2D eigenvalue weighted by Gasteiger charge is -2.08. The van der Waals surface area contributed by atoms with Crippen LogP contribution in [0.4, 0.5) is 0 Å². The van der Waals surface area contributed by atoms with Crippen LogP contribution < -0.4 is 10.1 Å². The Kier molecular flexibility index (Phi) is 5.37. The number of carbonyl (C=O) groups excluding carboxylic acids is 1. The quantitative estimate of drug-likeness (QED) is 0.848. The molecule has 0 atom stereocenters. The van der Waals surface area contributed by atoms with E-state index < -0.39 is 0 Å². The van der Waals surface area contributed by atoms with Gasteiger partial charge in [-0.15, -0.1) is 0 Å². The maximum absolute atomic E-state index is 11.7. The molecule has 0 aliphatic rings. The highest BCUT2D eigenvalue weighted by atomic mass is 16.5. The number of aromatic nitrogens is 2. The third-order valence-electron chi connectivity index (χ3n) is 3.09. The van der Waals surface area contributed by atoms with E-state index in [1.165, 1.54) is 0 Å². The minimum atomic E-state index is -0.00698. The van der Waals surface area contributed by atoms with Gasteiger partial charge in [-0.25, -0.2) is 0 Å². The molecule has 1 heterocycles. The van der Waals surface area contributed by atoms with Crippen molar-refractivity contribution in [1.29, 1.82) is 0 Å². The van der Waals surface area contributed by atoms with Gasteiger partial charge in [0.05, 0.1) is 25.3 Å². The number of benzene rings is 1. The van der Waals surface area contributed by atoms with Gasteiger partial charge in [0.2, 0.25) is 5.91 Å². The van der Waals surface area contributed by atoms with Crippen LogP contribution in [0.3, 0.4) is 0 Å². The predicted octanol–water partition coefficient (Wildman–Crippen LogP) is 2.09. The fourth-order valence-corrected chi connectivity index (χ4v) is 2.07. The fraction of sp³-hybridized carbons (Fsp3) is 0.375. The molecule has 1 aromatic carbocycles. The smallest absolute Gasteiger partial charge is 0.223 e. The first-order valence-electron chi connectivity index (χ1n) is 7.11. The number of nitrogens with one attached hydrogen (secondary N) is 1. The molecule has 0 bridgehead atoms. The van der Waals surface area contributed by atoms with Crippen LogP contribution >= 0.6 is 0 Å². The highest BCUT2D eigenvalue weighted by molar-refractivity contribution is 5.75. The summed E-state index contributed by atoms with van der Waals surface area (Å²) >= 11 is 0. The second-order valence-corrected chi connectivity index (χ2v) is 4.91. The van der Waals surface area contributed by atoms with E-state index in [1.54, 1.807) is 0 Å². The lowest BCUT2D eigenvalue weighted by Crippen LogP contribution is -2.28. The molecular formula is C16H21N3O2. The summed E-state index contributed by atoms with van der Waals surface area (Å²) in [4.78, 5) is 11.7. The van der Waals surface area contributed by atoms with E-state index in [9.17, 15) is 4.79 Å². The first kappa shape index (κ1) is 15.1. The number of hydrogen-bond donors (Lipinski definition) is 1. The van der Waals surface area contributed by atoms with Crippen LogP contribution in [0.15, 0.2) is 36.4 Å². The maximum atomic E-state index is 11.7. The molecule has 0 spiro atoms. The van der Waals surface area contributed by atoms with Crippen molar-refractivity contribution in [3.63, 3.8) is 0 Å². The number of para-hydroxylation sites is 1. The van der Waals surface area contributed by atoms with Gasteiger partial charge < -0.3 is 10.1 Å². The lowest BCUT2D eigenvalue weighted by molar-refractivity contribution is -0.121.